The molecule has 1 aliphatic carbocycles. The highest BCUT2D eigenvalue weighted by Gasteiger charge is 2.34. The number of amides is 3. The van der Waals surface area contributed by atoms with Gasteiger partial charge in [0.1, 0.15) is 23.5 Å². The SMILES string of the molecule is O=C(CCCC(=O)N(c1cccc(F)c1)[C@@H](C(=O)NC1CCCC1)c1ccc(F)cc1)Nc1ccccn1. The molecule has 1 aliphatic rings. The van der Waals surface area contributed by atoms with E-state index in [1.807, 2.05) is 0 Å². The van der Waals surface area contributed by atoms with Crippen molar-refractivity contribution >= 4 is 29.2 Å². The highest BCUT2D eigenvalue weighted by molar-refractivity contribution is 6.01. The summed E-state index contributed by atoms with van der Waals surface area (Å²) in [5.74, 6) is -1.82. The van der Waals surface area contributed by atoms with Crippen molar-refractivity contribution in [3.63, 3.8) is 0 Å². The van der Waals surface area contributed by atoms with Crippen molar-refractivity contribution < 1.29 is 23.2 Å². The van der Waals surface area contributed by atoms with Crippen molar-refractivity contribution in [2.24, 2.45) is 0 Å². The van der Waals surface area contributed by atoms with Crippen LogP contribution in [0.15, 0.2) is 72.9 Å². The van der Waals surface area contributed by atoms with E-state index in [0.717, 1.165) is 25.7 Å². The number of hydrogen-bond donors (Lipinski definition) is 2. The standard InChI is InChI=1S/C29H30F2N4O3/c30-21-16-14-20(15-17-21)28(29(38)33-23-8-1-2-9-23)35(24-10-5-7-22(31)19-24)27(37)13-6-12-26(36)34-25-11-3-4-18-32-25/h3-5,7,10-11,14-19,23,28H,1-2,6,8-9,12-13H2,(H,33,38)(H,32,34,36)/t28-/m1/s1. The number of anilines is 2. The topological polar surface area (TPSA) is 91.4 Å². The van der Waals surface area contributed by atoms with Gasteiger partial charge in [-0.1, -0.05) is 37.1 Å². The summed E-state index contributed by atoms with van der Waals surface area (Å²) in [4.78, 5) is 44.9. The van der Waals surface area contributed by atoms with Gasteiger partial charge in [0.05, 0.1) is 0 Å². The molecule has 3 aromatic rings. The van der Waals surface area contributed by atoms with E-state index < -0.39 is 29.5 Å². The molecule has 2 N–H and O–H groups in total. The summed E-state index contributed by atoms with van der Waals surface area (Å²) in [5, 5.41) is 5.69. The molecule has 3 amide bonds. The Morgan fingerprint density at radius 3 is 2.37 bits per heavy atom. The van der Waals surface area contributed by atoms with Gasteiger partial charge in [-0.15, -0.1) is 0 Å². The van der Waals surface area contributed by atoms with Gasteiger partial charge >= 0.3 is 0 Å². The number of halogens is 2. The molecule has 0 radical (unpaired) electrons. The summed E-state index contributed by atoms with van der Waals surface area (Å²) in [7, 11) is 0. The van der Waals surface area contributed by atoms with Crippen molar-refractivity contribution in [2.75, 3.05) is 10.2 Å². The molecule has 0 unspecified atom stereocenters. The number of hydrogen-bond acceptors (Lipinski definition) is 4. The quantitative estimate of drug-likeness (QED) is 0.380. The Bertz CT molecular complexity index is 1250. The molecule has 0 bridgehead atoms. The summed E-state index contributed by atoms with van der Waals surface area (Å²) >= 11 is 0. The van der Waals surface area contributed by atoms with E-state index in [0.29, 0.717) is 11.4 Å². The number of pyridine rings is 1. The Morgan fingerprint density at radius 1 is 0.921 bits per heavy atom. The highest BCUT2D eigenvalue weighted by Crippen LogP contribution is 2.31. The maximum absolute atomic E-state index is 14.3. The van der Waals surface area contributed by atoms with E-state index in [-0.39, 0.29) is 36.9 Å². The smallest absolute Gasteiger partial charge is 0.248 e. The van der Waals surface area contributed by atoms with E-state index in [1.165, 1.54) is 47.4 Å². The van der Waals surface area contributed by atoms with Crippen molar-refractivity contribution in [3.05, 3.63) is 90.1 Å². The summed E-state index contributed by atoms with van der Waals surface area (Å²) in [6.45, 7) is 0. The van der Waals surface area contributed by atoms with Gasteiger partial charge in [-0.25, -0.2) is 13.8 Å². The lowest BCUT2D eigenvalue weighted by Gasteiger charge is -2.32. The Hall–Kier alpha value is -4.14. The molecule has 4 rings (SSSR count). The molecule has 1 heterocycles. The lowest BCUT2D eigenvalue weighted by Crippen LogP contribution is -2.46. The molecular formula is C29H30F2N4O3. The van der Waals surface area contributed by atoms with Gasteiger partial charge < -0.3 is 10.6 Å². The van der Waals surface area contributed by atoms with Crippen LogP contribution >= 0.6 is 0 Å². The molecule has 1 fully saturated rings. The molecule has 7 nitrogen and oxygen atoms in total. The van der Waals surface area contributed by atoms with Crippen molar-refractivity contribution in [2.45, 2.75) is 57.0 Å². The number of nitrogens with one attached hydrogen (secondary N) is 2. The van der Waals surface area contributed by atoms with E-state index in [2.05, 4.69) is 15.6 Å². The molecule has 0 aliphatic heterocycles. The molecule has 0 spiro atoms. The third-order valence-corrected chi connectivity index (χ3v) is 6.48. The van der Waals surface area contributed by atoms with E-state index in [9.17, 15) is 23.2 Å². The van der Waals surface area contributed by atoms with Crippen LogP contribution in [0.5, 0.6) is 0 Å². The second-order valence-corrected chi connectivity index (χ2v) is 9.30. The molecule has 1 aromatic heterocycles. The first-order valence-corrected chi connectivity index (χ1v) is 12.7. The molecule has 9 heteroatoms. The molecular weight excluding hydrogens is 490 g/mol. The van der Waals surface area contributed by atoms with Crippen molar-refractivity contribution in [3.8, 4) is 0 Å². The fourth-order valence-corrected chi connectivity index (χ4v) is 4.64. The average molecular weight is 521 g/mol. The van der Waals surface area contributed by atoms with Crippen LogP contribution < -0.4 is 15.5 Å². The highest BCUT2D eigenvalue weighted by atomic mass is 19.1. The summed E-state index contributed by atoms with van der Waals surface area (Å²) in [6, 6.07) is 14.8. The van der Waals surface area contributed by atoms with Gasteiger partial charge in [-0.2, -0.15) is 0 Å². The van der Waals surface area contributed by atoms with Crippen molar-refractivity contribution in [1.29, 1.82) is 0 Å². The van der Waals surface area contributed by atoms with Crippen LogP contribution in [-0.2, 0) is 14.4 Å². The monoisotopic (exact) mass is 520 g/mol. The molecule has 0 saturated heterocycles. The number of carbonyl (C=O) groups is 3. The zero-order valence-corrected chi connectivity index (χ0v) is 20.9. The second-order valence-electron chi connectivity index (χ2n) is 9.30. The zero-order valence-electron chi connectivity index (χ0n) is 20.9. The lowest BCUT2D eigenvalue weighted by atomic mass is 10.0. The minimum atomic E-state index is -1.15. The predicted molar refractivity (Wildman–Crippen MR) is 140 cm³/mol. The van der Waals surface area contributed by atoms with Gasteiger partial charge in [0, 0.05) is 30.8 Å². The number of carbonyl (C=O) groups excluding carboxylic acids is 3. The fraction of sp³-hybridized carbons (Fsp3) is 0.310. The Morgan fingerprint density at radius 2 is 1.68 bits per heavy atom. The zero-order chi connectivity index (χ0) is 26.9. The number of rotatable bonds is 10. The second kappa shape index (κ2) is 12.9. The fourth-order valence-electron chi connectivity index (χ4n) is 4.64. The van der Waals surface area contributed by atoms with Gasteiger partial charge in [0.15, 0.2) is 0 Å². The van der Waals surface area contributed by atoms with Crippen LogP contribution in [0.3, 0.4) is 0 Å². The van der Waals surface area contributed by atoms with Crippen LogP contribution in [0, 0.1) is 11.6 Å². The van der Waals surface area contributed by atoms with Gasteiger partial charge in [-0.05, 0) is 67.3 Å². The number of nitrogens with zero attached hydrogens (tertiary/aromatic N) is 2. The maximum atomic E-state index is 14.3. The molecule has 2 aromatic carbocycles. The Labute approximate surface area is 220 Å². The van der Waals surface area contributed by atoms with Crippen LogP contribution in [0.2, 0.25) is 0 Å². The average Bonchev–Trinajstić information content (AvgIpc) is 3.41. The van der Waals surface area contributed by atoms with E-state index in [1.54, 1.807) is 30.5 Å². The van der Waals surface area contributed by atoms with Gasteiger partial charge in [0.25, 0.3) is 0 Å². The maximum Gasteiger partial charge on any atom is 0.248 e. The Kier molecular flexibility index (Phi) is 9.13. The first kappa shape index (κ1) is 26.9. The molecule has 38 heavy (non-hydrogen) atoms. The first-order chi connectivity index (χ1) is 18.4. The normalized spacial score (nSPS) is 14.1. The Balaban J connectivity index is 1.57. The molecule has 1 atom stereocenters. The summed E-state index contributed by atoms with van der Waals surface area (Å²) in [5.41, 5.74) is 0.594. The minimum absolute atomic E-state index is 0.0230. The predicted octanol–water partition coefficient (Wildman–Crippen LogP) is 5.30. The first-order valence-electron chi connectivity index (χ1n) is 12.7. The van der Waals surface area contributed by atoms with E-state index in [4.69, 9.17) is 0 Å². The van der Waals surface area contributed by atoms with Crippen molar-refractivity contribution in [1.82, 2.24) is 10.3 Å². The van der Waals surface area contributed by atoms with Crippen LogP contribution in [-0.4, -0.2) is 28.7 Å². The van der Waals surface area contributed by atoms with Crippen LogP contribution in [0.4, 0.5) is 20.3 Å². The number of aromatic nitrogens is 1. The summed E-state index contributed by atoms with van der Waals surface area (Å²) < 4.78 is 28.0. The van der Waals surface area contributed by atoms with Gasteiger partial charge in [0.2, 0.25) is 17.7 Å². The molecule has 198 valence electrons. The number of benzene rings is 2. The van der Waals surface area contributed by atoms with Gasteiger partial charge in [-0.3, -0.25) is 19.3 Å². The largest absolute Gasteiger partial charge is 0.351 e. The van der Waals surface area contributed by atoms with Crippen LogP contribution in [0.25, 0.3) is 0 Å². The molecule has 1 saturated carbocycles. The van der Waals surface area contributed by atoms with E-state index >= 15 is 0 Å². The lowest BCUT2D eigenvalue weighted by molar-refractivity contribution is -0.127. The third-order valence-electron chi connectivity index (χ3n) is 6.48. The minimum Gasteiger partial charge on any atom is -0.351 e. The summed E-state index contributed by atoms with van der Waals surface area (Å²) in [6.07, 6.45) is 5.40. The van der Waals surface area contributed by atoms with Crippen LogP contribution in [0.1, 0.15) is 56.6 Å². The third kappa shape index (κ3) is 7.21.